The lowest BCUT2D eigenvalue weighted by Crippen LogP contribution is -2.22. The number of fused-ring (bicyclic) bond motifs is 1. The fourth-order valence-electron chi connectivity index (χ4n) is 3.86. The van der Waals surface area contributed by atoms with Gasteiger partial charge < -0.3 is 10.5 Å². The van der Waals surface area contributed by atoms with Crippen molar-refractivity contribution in [3.63, 3.8) is 0 Å². The fourth-order valence-corrected chi connectivity index (χ4v) is 3.86. The minimum atomic E-state index is -0.634. The number of unbranched alkanes of at least 4 members (excludes halogenated alkanes) is 1. The van der Waals surface area contributed by atoms with Gasteiger partial charge in [0, 0.05) is 22.7 Å². The second-order valence-electron chi connectivity index (χ2n) is 7.25. The highest BCUT2D eigenvalue weighted by atomic mass is 19.1. The average Bonchev–Trinajstić information content (AvgIpc) is 2.98. The molecular formula is C23H24F2N2O3. The zero-order valence-electron chi connectivity index (χ0n) is 17.2. The first-order valence-electron chi connectivity index (χ1n) is 9.78. The van der Waals surface area contributed by atoms with Gasteiger partial charge in [-0.1, -0.05) is 19.8 Å². The van der Waals surface area contributed by atoms with Gasteiger partial charge in [0.15, 0.2) is 11.6 Å². The quantitative estimate of drug-likeness (QED) is 0.610. The van der Waals surface area contributed by atoms with Crippen molar-refractivity contribution in [3.05, 3.63) is 64.9 Å². The van der Waals surface area contributed by atoms with Crippen LogP contribution in [-0.4, -0.2) is 23.5 Å². The molecule has 0 radical (unpaired) electrons. The SMILES string of the molecule is CCCCC(C(N)=O)c1c(C)n(C(=O)c2ccc(F)cc2)c2cc(F)c(OC)cc12. The second-order valence-corrected chi connectivity index (χ2v) is 7.25. The molecule has 7 heteroatoms. The number of carbonyl (C=O) groups is 2. The lowest BCUT2D eigenvalue weighted by molar-refractivity contribution is -0.119. The summed E-state index contributed by atoms with van der Waals surface area (Å²) < 4.78 is 34.3. The lowest BCUT2D eigenvalue weighted by Gasteiger charge is -2.15. The van der Waals surface area contributed by atoms with Gasteiger partial charge in [-0.15, -0.1) is 0 Å². The molecule has 0 aliphatic carbocycles. The third-order valence-corrected chi connectivity index (χ3v) is 5.36. The molecular weight excluding hydrogens is 390 g/mol. The third-order valence-electron chi connectivity index (χ3n) is 5.36. The normalized spacial score (nSPS) is 12.2. The molecule has 0 saturated heterocycles. The van der Waals surface area contributed by atoms with Crippen molar-refractivity contribution in [1.82, 2.24) is 4.57 Å². The number of rotatable bonds is 7. The molecule has 0 saturated carbocycles. The van der Waals surface area contributed by atoms with Crippen molar-refractivity contribution in [2.24, 2.45) is 5.73 Å². The molecule has 0 spiro atoms. The number of primary amides is 1. The van der Waals surface area contributed by atoms with Crippen molar-refractivity contribution in [1.29, 1.82) is 0 Å². The summed E-state index contributed by atoms with van der Waals surface area (Å²) in [5.41, 5.74) is 7.32. The Hall–Kier alpha value is -3.22. The number of hydrogen-bond donors (Lipinski definition) is 1. The monoisotopic (exact) mass is 414 g/mol. The van der Waals surface area contributed by atoms with Crippen LogP contribution in [-0.2, 0) is 4.79 Å². The largest absolute Gasteiger partial charge is 0.494 e. The second kappa shape index (κ2) is 8.65. The highest BCUT2D eigenvalue weighted by Crippen LogP contribution is 2.38. The van der Waals surface area contributed by atoms with Crippen molar-refractivity contribution >= 4 is 22.7 Å². The molecule has 5 nitrogen and oxygen atoms in total. The number of amides is 1. The molecule has 30 heavy (non-hydrogen) atoms. The molecule has 1 heterocycles. The smallest absolute Gasteiger partial charge is 0.262 e. The van der Waals surface area contributed by atoms with Crippen LogP contribution in [0.25, 0.3) is 10.9 Å². The van der Waals surface area contributed by atoms with Gasteiger partial charge >= 0.3 is 0 Å². The van der Waals surface area contributed by atoms with E-state index in [4.69, 9.17) is 10.5 Å². The molecule has 3 rings (SSSR count). The summed E-state index contributed by atoms with van der Waals surface area (Å²) in [4.78, 5) is 25.5. The van der Waals surface area contributed by atoms with Crippen molar-refractivity contribution in [2.45, 2.75) is 39.0 Å². The summed E-state index contributed by atoms with van der Waals surface area (Å²) in [6.07, 6.45) is 2.15. The van der Waals surface area contributed by atoms with Crippen LogP contribution in [0.2, 0.25) is 0 Å². The third kappa shape index (κ3) is 3.79. The maximum absolute atomic E-state index is 14.5. The Bertz CT molecular complexity index is 1100. The summed E-state index contributed by atoms with van der Waals surface area (Å²) >= 11 is 0. The number of carbonyl (C=O) groups excluding carboxylic acids is 2. The maximum atomic E-state index is 14.5. The van der Waals surface area contributed by atoms with E-state index in [1.807, 2.05) is 6.92 Å². The molecule has 1 unspecified atom stereocenters. The first-order chi connectivity index (χ1) is 14.3. The molecule has 2 aromatic carbocycles. The first kappa shape index (κ1) is 21.5. The Balaban J connectivity index is 2.30. The van der Waals surface area contributed by atoms with E-state index in [1.165, 1.54) is 48.1 Å². The topological polar surface area (TPSA) is 74.3 Å². The van der Waals surface area contributed by atoms with Crippen molar-refractivity contribution in [3.8, 4) is 5.75 Å². The van der Waals surface area contributed by atoms with Gasteiger partial charge in [-0.2, -0.15) is 0 Å². The van der Waals surface area contributed by atoms with Crippen molar-refractivity contribution in [2.75, 3.05) is 7.11 Å². The highest BCUT2D eigenvalue weighted by molar-refractivity contribution is 6.05. The number of benzene rings is 2. The van der Waals surface area contributed by atoms with Crippen LogP contribution in [0.1, 0.15) is 53.7 Å². The molecule has 1 atom stereocenters. The van der Waals surface area contributed by atoms with E-state index in [-0.39, 0.29) is 11.3 Å². The van der Waals surface area contributed by atoms with Gasteiger partial charge in [-0.05, 0) is 49.2 Å². The molecule has 0 aliphatic heterocycles. The summed E-state index contributed by atoms with van der Waals surface area (Å²) in [5.74, 6) is -2.69. The number of hydrogen-bond acceptors (Lipinski definition) is 3. The number of aromatic nitrogens is 1. The maximum Gasteiger partial charge on any atom is 0.262 e. The van der Waals surface area contributed by atoms with Crippen LogP contribution < -0.4 is 10.5 Å². The standard InChI is InChI=1S/C23H24F2N2O3/c1-4-5-6-16(22(26)28)21-13(2)27(23(29)14-7-9-15(24)10-8-14)19-12-18(25)20(30-3)11-17(19)21/h7-12,16H,4-6H2,1-3H3,(H2,26,28). The zero-order chi connectivity index (χ0) is 22.0. The predicted octanol–water partition coefficient (Wildman–Crippen LogP) is 4.68. The van der Waals surface area contributed by atoms with E-state index in [2.05, 4.69) is 0 Å². The Labute approximate surface area is 173 Å². The Morgan fingerprint density at radius 2 is 1.83 bits per heavy atom. The first-order valence-corrected chi connectivity index (χ1v) is 9.78. The highest BCUT2D eigenvalue weighted by Gasteiger charge is 2.29. The van der Waals surface area contributed by atoms with Gasteiger partial charge in [-0.3, -0.25) is 14.2 Å². The summed E-state index contributed by atoms with van der Waals surface area (Å²) in [5, 5.41) is 0.529. The van der Waals surface area contributed by atoms with Gasteiger partial charge in [0.25, 0.3) is 5.91 Å². The minimum absolute atomic E-state index is 0.00819. The minimum Gasteiger partial charge on any atom is -0.494 e. The van der Waals surface area contributed by atoms with Gasteiger partial charge in [0.2, 0.25) is 5.91 Å². The average molecular weight is 414 g/mol. The molecule has 0 bridgehead atoms. The van der Waals surface area contributed by atoms with E-state index < -0.39 is 29.4 Å². The Morgan fingerprint density at radius 3 is 2.40 bits per heavy atom. The van der Waals surface area contributed by atoms with Crippen LogP contribution >= 0.6 is 0 Å². The molecule has 0 aliphatic rings. The summed E-state index contributed by atoms with van der Waals surface area (Å²) in [6.45, 7) is 3.70. The zero-order valence-corrected chi connectivity index (χ0v) is 17.2. The van der Waals surface area contributed by atoms with Crippen LogP contribution in [0, 0.1) is 18.6 Å². The van der Waals surface area contributed by atoms with E-state index >= 15 is 0 Å². The number of nitrogens with zero attached hydrogens (tertiary/aromatic N) is 1. The van der Waals surface area contributed by atoms with Crippen molar-refractivity contribution < 1.29 is 23.1 Å². The molecule has 158 valence electrons. The molecule has 1 amide bonds. The van der Waals surface area contributed by atoms with Gasteiger partial charge in [0.05, 0.1) is 18.5 Å². The van der Waals surface area contributed by atoms with E-state index in [1.54, 1.807) is 6.92 Å². The van der Waals surface area contributed by atoms with Gasteiger partial charge in [0.1, 0.15) is 5.82 Å². The van der Waals surface area contributed by atoms with E-state index in [0.29, 0.717) is 28.6 Å². The number of methoxy groups -OCH3 is 1. The van der Waals surface area contributed by atoms with Crippen LogP contribution in [0.4, 0.5) is 8.78 Å². The fraction of sp³-hybridized carbons (Fsp3) is 0.304. The van der Waals surface area contributed by atoms with Crippen LogP contribution in [0.3, 0.4) is 0 Å². The molecule has 0 fully saturated rings. The van der Waals surface area contributed by atoms with Gasteiger partial charge in [-0.25, -0.2) is 8.78 Å². The summed E-state index contributed by atoms with van der Waals surface area (Å²) in [6, 6.07) is 7.81. The molecule has 1 aromatic heterocycles. The Kier molecular flexibility index (Phi) is 6.20. The Morgan fingerprint density at radius 1 is 1.17 bits per heavy atom. The van der Waals surface area contributed by atoms with Crippen LogP contribution in [0.15, 0.2) is 36.4 Å². The lowest BCUT2D eigenvalue weighted by atomic mass is 9.90. The van der Waals surface area contributed by atoms with E-state index in [9.17, 15) is 18.4 Å². The number of nitrogens with two attached hydrogens (primary N) is 1. The van der Waals surface area contributed by atoms with Crippen LogP contribution in [0.5, 0.6) is 5.75 Å². The predicted molar refractivity (Wildman–Crippen MR) is 111 cm³/mol. The van der Waals surface area contributed by atoms with E-state index in [0.717, 1.165) is 12.8 Å². The number of halogens is 2. The molecule has 2 N–H and O–H groups in total. The summed E-state index contributed by atoms with van der Waals surface area (Å²) in [7, 11) is 1.35. The molecule has 3 aromatic rings. The number of ether oxygens (including phenoxy) is 1.